The second-order valence-electron chi connectivity index (χ2n) is 9.33. The lowest BCUT2D eigenvalue weighted by atomic mass is 10.1. The molecule has 1 aliphatic rings. The molecule has 0 bridgehead atoms. The van der Waals surface area contributed by atoms with Gasteiger partial charge in [0.15, 0.2) is 25.3 Å². The van der Waals surface area contributed by atoms with Crippen LogP contribution in [0.3, 0.4) is 0 Å². The summed E-state index contributed by atoms with van der Waals surface area (Å²) in [4.78, 5) is 14.8. The van der Waals surface area contributed by atoms with Crippen molar-refractivity contribution in [3.8, 4) is 5.75 Å². The van der Waals surface area contributed by atoms with Gasteiger partial charge in [-0.3, -0.25) is 4.79 Å². The van der Waals surface area contributed by atoms with E-state index >= 15 is 0 Å². The molecule has 8 nitrogen and oxygen atoms in total. The molecule has 1 heterocycles. The Hall–Kier alpha value is -2.94. The minimum Gasteiger partial charge on any atom is -0.478 e. The van der Waals surface area contributed by atoms with Gasteiger partial charge in [0, 0.05) is 44.8 Å². The summed E-state index contributed by atoms with van der Waals surface area (Å²) in [6.07, 6.45) is -3.19. The maximum Gasteiger partial charge on any atom is 0.427 e. The highest BCUT2D eigenvalue weighted by Gasteiger charge is 2.50. The monoisotopic (exact) mass is 584 g/mol. The summed E-state index contributed by atoms with van der Waals surface area (Å²) in [5.41, 5.74) is -3.34. The van der Waals surface area contributed by atoms with Crippen molar-refractivity contribution in [2.45, 2.75) is 35.4 Å². The van der Waals surface area contributed by atoms with Crippen LogP contribution in [-0.4, -0.2) is 78.1 Å². The highest BCUT2D eigenvalue weighted by molar-refractivity contribution is 7.91. The SMILES string of the molecule is CC(C)(Oc1ccc(S(C)(=O)=O)cc1C(=O)N1CCN(c2cc(F)c(S(C)(=O)=O)cc2F)CC1)C(F)(F)F. The number of piperazine rings is 1. The highest BCUT2D eigenvalue weighted by atomic mass is 32.2. The van der Waals surface area contributed by atoms with Crippen LogP contribution in [-0.2, 0) is 19.7 Å². The fourth-order valence-electron chi connectivity index (χ4n) is 3.69. The number of rotatable bonds is 6. The summed E-state index contributed by atoms with van der Waals surface area (Å²) in [5.74, 6) is -3.43. The summed E-state index contributed by atoms with van der Waals surface area (Å²) in [6, 6.07) is 4.26. The van der Waals surface area contributed by atoms with E-state index in [2.05, 4.69) is 0 Å². The Morgan fingerprint density at radius 2 is 1.45 bits per heavy atom. The second kappa shape index (κ2) is 9.98. The van der Waals surface area contributed by atoms with Gasteiger partial charge in [0.1, 0.15) is 22.3 Å². The van der Waals surface area contributed by atoms with Crippen molar-refractivity contribution in [2.75, 3.05) is 43.6 Å². The predicted octanol–water partition coefficient (Wildman–Crippen LogP) is 3.45. The third kappa shape index (κ3) is 6.20. The quantitative estimate of drug-likeness (QED) is 0.480. The maximum atomic E-state index is 14.6. The van der Waals surface area contributed by atoms with E-state index in [0.717, 1.165) is 50.6 Å². The number of anilines is 1. The molecule has 0 unspecified atom stereocenters. The van der Waals surface area contributed by atoms with E-state index in [0.29, 0.717) is 6.07 Å². The molecule has 0 radical (unpaired) electrons. The first kappa shape index (κ1) is 29.6. The molecular formula is C23H25F5N2O6S2. The first-order chi connectivity index (χ1) is 17.2. The second-order valence-corrected chi connectivity index (χ2v) is 13.3. The first-order valence-electron chi connectivity index (χ1n) is 11.1. The predicted molar refractivity (Wildman–Crippen MR) is 128 cm³/mol. The average molecular weight is 585 g/mol. The van der Waals surface area contributed by atoms with E-state index in [9.17, 15) is 43.6 Å². The Kier molecular flexibility index (Phi) is 7.78. The molecule has 3 rings (SSSR count). The Morgan fingerprint density at radius 1 is 0.868 bits per heavy atom. The van der Waals surface area contributed by atoms with Gasteiger partial charge < -0.3 is 14.5 Å². The van der Waals surface area contributed by atoms with E-state index < -0.39 is 65.2 Å². The smallest absolute Gasteiger partial charge is 0.427 e. The molecule has 1 aliphatic heterocycles. The molecule has 38 heavy (non-hydrogen) atoms. The van der Waals surface area contributed by atoms with E-state index in [1.807, 2.05) is 0 Å². The van der Waals surface area contributed by atoms with Crippen molar-refractivity contribution in [1.82, 2.24) is 4.90 Å². The van der Waals surface area contributed by atoms with Crippen molar-refractivity contribution in [1.29, 1.82) is 0 Å². The molecule has 2 aromatic carbocycles. The van der Waals surface area contributed by atoms with Crippen molar-refractivity contribution in [3.05, 3.63) is 47.5 Å². The van der Waals surface area contributed by atoms with Crippen LogP contribution in [0, 0.1) is 11.6 Å². The molecule has 15 heteroatoms. The molecule has 0 aromatic heterocycles. The van der Waals surface area contributed by atoms with Crippen molar-refractivity contribution in [3.63, 3.8) is 0 Å². The molecule has 1 saturated heterocycles. The van der Waals surface area contributed by atoms with Gasteiger partial charge >= 0.3 is 6.18 Å². The van der Waals surface area contributed by atoms with Gasteiger partial charge in [-0.05, 0) is 38.1 Å². The van der Waals surface area contributed by atoms with Crippen LogP contribution >= 0.6 is 0 Å². The normalized spacial score (nSPS) is 15.5. The molecule has 1 fully saturated rings. The van der Waals surface area contributed by atoms with Crippen LogP contribution in [0.5, 0.6) is 5.75 Å². The lowest BCUT2D eigenvalue weighted by Crippen LogP contribution is -2.49. The number of ether oxygens (including phenoxy) is 1. The molecule has 1 amide bonds. The van der Waals surface area contributed by atoms with Crippen LogP contribution in [0.4, 0.5) is 27.6 Å². The van der Waals surface area contributed by atoms with Crippen molar-refractivity contribution < 1.29 is 48.3 Å². The number of benzene rings is 2. The number of halogens is 5. The number of carbonyl (C=O) groups excluding carboxylic acids is 1. The summed E-state index contributed by atoms with van der Waals surface area (Å²) in [5, 5.41) is 0. The van der Waals surface area contributed by atoms with Crippen molar-refractivity contribution >= 4 is 31.3 Å². The zero-order valence-corrected chi connectivity index (χ0v) is 22.4. The number of alkyl halides is 3. The molecule has 0 aliphatic carbocycles. The average Bonchev–Trinajstić information content (AvgIpc) is 2.78. The molecular weight excluding hydrogens is 559 g/mol. The lowest BCUT2D eigenvalue weighted by molar-refractivity contribution is -0.234. The minimum absolute atomic E-state index is 0.0314. The molecule has 0 N–H and O–H groups in total. The Morgan fingerprint density at radius 3 is 1.95 bits per heavy atom. The summed E-state index contributed by atoms with van der Waals surface area (Å²) in [6.45, 7) is 1.28. The fourth-order valence-corrected chi connectivity index (χ4v) is 5.07. The van der Waals surface area contributed by atoms with E-state index in [4.69, 9.17) is 4.74 Å². The number of nitrogens with zero attached hydrogens (tertiary/aromatic N) is 2. The molecule has 0 spiro atoms. The van der Waals surface area contributed by atoms with Crippen molar-refractivity contribution in [2.24, 2.45) is 0 Å². The zero-order chi connectivity index (χ0) is 28.8. The van der Waals surface area contributed by atoms with Gasteiger partial charge in [0.2, 0.25) is 0 Å². The van der Waals surface area contributed by atoms with Crippen LogP contribution in [0.1, 0.15) is 24.2 Å². The number of hydrogen-bond donors (Lipinski definition) is 0. The summed E-state index contributed by atoms with van der Waals surface area (Å²) < 4.78 is 122. The molecule has 0 saturated carbocycles. The van der Waals surface area contributed by atoms with E-state index in [-0.39, 0.29) is 36.8 Å². The van der Waals surface area contributed by atoms with Gasteiger partial charge in [-0.15, -0.1) is 0 Å². The Bertz CT molecular complexity index is 1470. The largest absolute Gasteiger partial charge is 0.478 e. The minimum atomic E-state index is -4.81. The molecule has 2 aromatic rings. The number of carbonyl (C=O) groups is 1. The molecule has 0 atom stereocenters. The Balaban J connectivity index is 1.89. The number of hydrogen-bond acceptors (Lipinski definition) is 7. The van der Waals surface area contributed by atoms with Gasteiger partial charge in [-0.2, -0.15) is 13.2 Å². The Labute approximate surface area is 216 Å². The zero-order valence-electron chi connectivity index (χ0n) is 20.8. The van der Waals surface area contributed by atoms with E-state index in [1.54, 1.807) is 0 Å². The third-order valence-electron chi connectivity index (χ3n) is 5.97. The summed E-state index contributed by atoms with van der Waals surface area (Å²) >= 11 is 0. The number of amides is 1. The van der Waals surface area contributed by atoms with Crippen LogP contribution in [0.2, 0.25) is 0 Å². The van der Waals surface area contributed by atoms with Crippen LogP contribution in [0.25, 0.3) is 0 Å². The van der Waals surface area contributed by atoms with E-state index in [1.165, 1.54) is 9.80 Å². The van der Waals surface area contributed by atoms with Crippen LogP contribution in [0.15, 0.2) is 40.1 Å². The third-order valence-corrected chi connectivity index (χ3v) is 8.19. The lowest BCUT2D eigenvalue weighted by Gasteiger charge is -2.37. The standard InChI is InChI=1S/C23H25F5N2O6S2/c1-22(2,23(26,27)28)36-19-6-5-14(37(3,32)33)11-15(19)21(31)30-9-7-29(8-10-30)18-12-17(25)20(13-16(18)24)38(4,34)35/h5-6,11-13H,7-10H2,1-4H3. The van der Waals surface area contributed by atoms with Crippen LogP contribution < -0.4 is 9.64 Å². The van der Waals surface area contributed by atoms with Gasteiger partial charge in [0.25, 0.3) is 5.91 Å². The topological polar surface area (TPSA) is 101 Å². The summed E-state index contributed by atoms with van der Waals surface area (Å²) in [7, 11) is -7.83. The maximum absolute atomic E-state index is 14.6. The molecule has 210 valence electrons. The highest BCUT2D eigenvalue weighted by Crippen LogP contribution is 2.36. The van der Waals surface area contributed by atoms with Gasteiger partial charge in [0.05, 0.1) is 16.1 Å². The van der Waals surface area contributed by atoms with Gasteiger partial charge in [-0.1, -0.05) is 0 Å². The number of sulfone groups is 2. The van der Waals surface area contributed by atoms with Gasteiger partial charge in [-0.25, -0.2) is 25.6 Å². The first-order valence-corrected chi connectivity index (χ1v) is 14.8. The fraction of sp³-hybridized carbons (Fsp3) is 0.435.